The van der Waals surface area contributed by atoms with E-state index in [-0.39, 0.29) is 12.2 Å². The maximum absolute atomic E-state index is 11.8. The van der Waals surface area contributed by atoms with Crippen molar-refractivity contribution in [2.45, 2.75) is 40.8 Å². The lowest BCUT2D eigenvalue weighted by atomic mass is 10.6. The molecule has 0 N–H and O–H groups in total. The van der Waals surface area contributed by atoms with Gasteiger partial charge >= 0.3 is 12.2 Å². The molecular formula is C14H30N2O4Si. The molecule has 124 valence electrons. The van der Waals surface area contributed by atoms with Crippen molar-refractivity contribution >= 4 is 20.3 Å². The zero-order valence-corrected chi connectivity index (χ0v) is 15.3. The van der Waals surface area contributed by atoms with E-state index in [2.05, 4.69) is 0 Å². The molecule has 2 amide bonds. The van der Waals surface area contributed by atoms with Gasteiger partial charge in [-0.25, -0.2) is 9.59 Å². The first-order valence-electron chi connectivity index (χ1n) is 7.64. The molecule has 0 bridgehead atoms. The third-order valence-corrected chi connectivity index (χ3v) is 5.07. The highest BCUT2D eigenvalue weighted by atomic mass is 28.3. The van der Waals surface area contributed by atoms with Crippen LogP contribution in [0.5, 0.6) is 0 Å². The van der Waals surface area contributed by atoms with Crippen molar-refractivity contribution in [2.75, 3.05) is 38.6 Å². The molecule has 0 aliphatic heterocycles. The van der Waals surface area contributed by atoms with Gasteiger partial charge < -0.3 is 19.3 Å². The molecule has 0 spiro atoms. The summed E-state index contributed by atoms with van der Waals surface area (Å²) < 4.78 is 10.7. The second kappa shape index (κ2) is 9.65. The predicted molar refractivity (Wildman–Crippen MR) is 86.0 cm³/mol. The number of hydrogen-bond acceptors (Lipinski definition) is 4. The Morgan fingerprint density at radius 1 is 0.762 bits per heavy atom. The minimum absolute atomic E-state index is 0.296. The Morgan fingerprint density at radius 2 is 1.05 bits per heavy atom. The van der Waals surface area contributed by atoms with E-state index in [1.165, 1.54) is 0 Å². The van der Waals surface area contributed by atoms with Crippen LogP contribution in [0.25, 0.3) is 0 Å². The average molecular weight is 318 g/mol. The first kappa shape index (κ1) is 19.8. The molecule has 0 atom stereocenters. The second-order valence-electron chi connectivity index (χ2n) is 5.62. The molecule has 0 aromatic heterocycles. The number of rotatable bonds is 8. The Balaban J connectivity index is 4.25. The number of ether oxygens (including phenoxy) is 2. The Kier molecular flexibility index (Phi) is 9.08. The van der Waals surface area contributed by atoms with Crippen LogP contribution < -0.4 is 0 Å². The minimum Gasteiger partial charge on any atom is -0.453 e. The number of carbonyl (C=O) groups is 2. The second-order valence-corrected chi connectivity index (χ2v) is 10.5. The Labute approximate surface area is 129 Å². The quantitative estimate of drug-likeness (QED) is 0.646. The van der Waals surface area contributed by atoms with Gasteiger partial charge in [0.2, 0.25) is 0 Å². The maximum Gasteiger partial charge on any atom is 0.409 e. The Morgan fingerprint density at radius 3 is 1.29 bits per heavy atom. The monoisotopic (exact) mass is 318 g/mol. The highest BCUT2D eigenvalue weighted by Gasteiger charge is 2.27. The van der Waals surface area contributed by atoms with Crippen molar-refractivity contribution in [3.8, 4) is 0 Å². The van der Waals surface area contributed by atoms with Crippen LogP contribution in [-0.4, -0.2) is 68.7 Å². The van der Waals surface area contributed by atoms with Gasteiger partial charge in [-0.3, -0.25) is 0 Å². The van der Waals surface area contributed by atoms with E-state index >= 15 is 0 Å². The SMILES string of the molecule is CCN(CC)C(=O)OC[Si](C)(C)COC(=O)N(CC)CC. The lowest BCUT2D eigenvalue weighted by Gasteiger charge is -2.26. The third kappa shape index (κ3) is 7.36. The fraction of sp³-hybridized carbons (Fsp3) is 0.857. The average Bonchev–Trinajstić information content (AvgIpc) is 2.46. The van der Waals surface area contributed by atoms with Crippen LogP contribution in [0.3, 0.4) is 0 Å². The van der Waals surface area contributed by atoms with E-state index in [0.29, 0.717) is 38.6 Å². The maximum atomic E-state index is 11.8. The molecule has 0 aromatic rings. The number of hydrogen-bond donors (Lipinski definition) is 0. The van der Waals surface area contributed by atoms with Crippen LogP contribution >= 0.6 is 0 Å². The van der Waals surface area contributed by atoms with E-state index in [0.717, 1.165) is 0 Å². The lowest BCUT2D eigenvalue weighted by molar-refractivity contribution is 0.112. The van der Waals surface area contributed by atoms with E-state index in [1.54, 1.807) is 9.80 Å². The molecule has 0 aliphatic carbocycles. The molecule has 0 aromatic carbocycles. The summed E-state index contributed by atoms with van der Waals surface area (Å²) in [4.78, 5) is 26.9. The van der Waals surface area contributed by atoms with Crippen LogP contribution in [0.1, 0.15) is 27.7 Å². The van der Waals surface area contributed by atoms with Crippen molar-refractivity contribution in [2.24, 2.45) is 0 Å². The van der Waals surface area contributed by atoms with Gasteiger partial charge in [0.15, 0.2) is 0 Å². The van der Waals surface area contributed by atoms with Crippen LogP contribution in [0.2, 0.25) is 13.1 Å². The molecule has 0 radical (unpaired) electrons. The summed E-state index contributed by atoms with van der Waals surface area (Å²) in [5, 5.41) is 0. The van der Waals surface area contributed by atoms with Crippen LogP contribution in [0, 0.1) is 0 Å². The molecule has 0 rings (SSSR count). The van der Waals surface area contributed by atoms with Crippen molar-refractivity contribution in [1.29, 1.82) is 0 Å². The standard InChI is InChI=1S/C14H30N2O4Si/c1-7-15(8-2)13(17)19-11-21(5,6)12-20-14(18)16(9-3)10-4/h7-12H2,1-6H3. The smallest absolute Gasteiger partial charge is 0.409 e. The fourth-order valence-corrected chi connectivity index (χ4v) is 2.81. The van der Waals surface area contributed by atoms with Gasteiger partial charge in [-0.2, -0.15) is 0 Å². The molecule has 0 unspecified atom stereocenters. The summed E-state index contributed by atoms with van der Waals surface area (Å²) in [5.74, 6) is 0. The summed E-state index contributed by atoms with van der Waals surface area (Å²) >= 11 is 0. The first-order valence-corrected chi connectivity index (χ1v) is 11.1. The van der Waals surface area contributed by atoms with Gasteiger partial charge in [0.25, 0.3) is 0 Å². The normalized spacial score (nSPS) is 11.0. The van der Waals surface area contributed by atoms with Gasteiger partial charge in [-0.15, -0.1) is 0 Å². The largest absolute Gasteiger partial charge is 0.453 e. The predicted octanol–water partition coefficient (Wildman–Crippen LogP) is 2.73. The molecule has 0 aliphatic rings. The molecule has 0 fully saturated rings. The third-order valence-electron chi connectivity index (χ3n) is 3.22. The van der Waals surface area contributed by atoms with Gasteiger partial charge in [0.1, 0.15) is 8.07 Å². The fourth-order valence-electron chi connectivity index (χ4n) is 1.70. The van der Waals surface area contributed by atoms with Crippen molar-refractivity contribution < 1.29 is 19.1 Å². The molecule has 21 heavy (non-hydrogen) atoms. The van der Waals surface area contributed by atoms with Gasteiger partial charge in [-0.05, 0) is 27.7 Å². The van der Waals surface area contributed by atoms with E-state index < -0.39 is 8.07 Å². The van der Waals surface area contributed by atoms with Gasteiger partial charge in [0.05, 0.1) is 12.5 Å². The summed E-state index contributed by atoms with van der Waals surface area (Å²) in [6.45, 7) is 14.3. The Hall–Kier alpha value is -1.24. The van der Waals surface area contributed by atoms with Crippen molar-refractivity contribution in [3.05, 3.63) is 0 Å². The van der Waals surface area contributed by atoms with E-state index in [1.807, 2.05) is 40.8 Å². The molecular weight excluding hydrogens is 288 g/mol. The molecule has 7 heteroatoms. The molecule has 6 nitrogen and oxygen atoms in total. The van der Waals surface area contributed by atoms with Crippen LogP contribution in [-0.2, 0) is 9.47 Å². The molecule has 0 saturated heterocycles. The summed E-state index contributed by atoms with van der Waals surface area (Å²) in [6, 6.07) is 0. The number of amides is 2. The summed E-state index contributed by atoms with van der Waals surface area (Å²) in [5.41, 5.74) is 0. The summed E-state index contributed by atoms with van der Waals surface area (Å²) in [6.07, 6.45) is 0.119. The van der Waals surface area contributed by atoms with Crippen molar-refractivity contribution in [1.82, 2.24) is 9.80 Å². The lowest BCUT2D eigenvalue weighted by Crippen LogP contribution is -2.44. The first-order chi connectivity index (χ1) is 9.81. The highest BCUT2D eigenvalue weighted by Crippen LogP contribution is 2.07. The molecule has 0 saturated carbocycles. The zero-order valence-electron chi connectivity index (χ0n) is 14.3. The minimum atomic E-state index is -1.91. The topological polar surface area (TPSA) is 59.1 Å². The van der Waals surface area contributed by atoms with Crippen LogP contribution in [0.4, 0.5) is 9.59 Å². The van der Waals surface area contributed by atoms with E-state index in [9.17, 15) is 9.59 Å². The number of nitrogens with zero attached hydrogens (tertiary/aromatic N) is 2. The highest BCUT2D eigenvalue weighted by molar-refractivity contribution is 6.77. The van der Waals surface area contributed by atoms with Crippen LogP contribution in [0.15, 0.2) is 0 Å². The Bertz CT molecular complexity index is 299. The zero-order chi connectivity index (χ0) is 16.5. The van der Waals surface area contributed by atoms with Gasteiger partial charge in [0, 0.05) is 26.2 Å². The van der Waals surface area contributed by atoms with Gasteiger partial charge in [-0.1, -0.05) is 13.1 Å². The molecule has 0 heterocycles. The summed E-state index contributed by atoms with van der Waals surface area (Å²) in [7, 11) is -1.91. The van der Waals surface area contributed by atoms with Crippen molar-refractivity contribution in [3.63, 3.8) is 0 Å². The van der Waals surface area contributed by atoms with E-state index in [4.69, 9.17) is 9.47 Å². The number of carbonyl (C=O) groups excluding carboxylic acids is 2.